The first kappa shape index (κ1) is 19.5. The van der Waals surface area contributed by atoms with Crippen LogP contribution in [0.5, 0.6) is 0 Å². The van der Waals surface area contributed by atoms with Crippen LogP contribution in [-0.2, 0) is 9.59 Å². The highest BCUT2D eigenvalue weighted by Gasteiger charge is 2.35. The third-order valence-electron chi connectivity index (χ3n) is 5.85. The monoisotopic (exact) mass is 430 g/mol. The van der Waals surface area contributed by atoms with E-state index in [9.17, 15) is 9.59 Å². The maximum Gasteiger partial charge on any atom is 0.229 e. The summed E-state index contributed by atoms with van der Waals surface area (Å²) in [5, 5.41) is 5.02. The molecule has 31 heavy (non-hydrogen) atoms. The fourth-order valence-electron chi connectivity index (χ4n) is 3.93. The quantitative estimate of drug-likeness (QED) is 0.512. The number of hydrogen-bond acceptors (Lipinski definition) is 4. The predicted molar refractivity (Wildman–Crippen MR) is 124 cm³/mol. The molecule has 1 atom stereocenters. The van der Waals surface area contributed by atoms with Gasteiger partial charge in [-0.05, 0) is 43.2 Å². The molecule has 6 nitrogen and oxygen atoms in total. The smallest absolute Gasteiger partial charge is 0.229 e. The zero-order valence-electron chi connectivity index (χ0n) is 17.3. The molecule has 0 aliphatic carbocycles. The number of anilines is 2. The molecule has 0 saturated carbocycles. The lowest BCUT2D eigenvalue weighted by atomic mass is 10.1. The van der Waals surface area contributed by atoms with Gasteiger partial charge in [0.15, 0.2) is 4.96 Å². The normalized spacial score (nSPS) is 16.3. The van der Waals surface area contributed by atoms with Crippen LogP contribution in [-0.4, -0.2) is 27.7 Å². The molecule has 5 rings (SSSR count). The van der Waals surface area contributed by atoms with E-state index in [-0.39, 0.29) is 18.2 Å². The van der Waals surface area contributed by atoms with E-state index in [1.807, 2.05) is 78.5 Å². The molecule has 7 heteroatoms. The number of carbonyl (C=O) groups excluding carboxylic acids is 2. The largest absolute Gasteiger partial charge is 0.325 e. The third kappa shape index (κ3) is 3.61. The molecule has 4 aromatic rings. The summed E-state index contributed by atoms with van der Waals surface area (Å²) < 4.78 is 1.97. The number of thiazole rings is 1. The fourth-order valence-corrected chi connectivity index (χ4v) is 4.63. The Morgan fingerprint density at radius 1 is 1.16 bits per heavy atom. The maximum absolute atomic E-state index is 13.1. The molecular formula is C24H22N4O2S. The average Bonchev–Trinajstić information content (AvgIpc) is 3.45. The summed E-state index contributed by atoms with van der Waals surface area (Å²) in [6.07, 6.45) is 4.13. The van der Waals surface area contributed by atoms with Crippen LogP contribution in [0.25, 0.3) is 16.2 Å². The van der Waals surface area contributed by atoms with E-state index >= 15 is 0 Å². The minimum Gasteiger partial charge on any atom is -0.325 e. The summed E-state index contributed by atoms with van der Waals surface area (Å²) in [6, 6.07) is 13.6. The highest BCUT2D eigenvalue weighted by Crippen LogP contribution is 2.31. The Morgan fingerprint density at radius 2 is 2.00 bits per heavy atom. The highest BCUT2D eigenvalue weighted by molar-refractivity contribution is 7.15. The Bertz CT molecular complexity index is 1280. The molecule has 2 aromatic heterocycles. The van der Waals surface area contributed by atoms with Crippen molar-refractivity contribution in [1.82, 2.24) is 9.38 Å². The lowest BCUT2D eigenvalue weighted by molar-refractivity contribution is -0.122. The molecular weight excluding hydrogens is 408 g/mol. The molecule has 0 spiro atoms. The number of rotatable bonds is 4. The van der Waals surface area contributed by atoms with Crippen molar-refractivity contribution in [1.29, 1.82) is 0 Å². The summed E-state index contributed by atoms with van der Waals surface area (Å²) in [5.74, 6) is -0.563. The molecule has 156 valence electrons. The summed E-state index contributed by atoms with van der Waals surface area (Å²) in [5.41, 5.74) is 5.54. The van der Waals surface area contributed by atoms with Crippen LogP contribution in [0.1, 0.15) is 17.5 Å². The van der Waals surface area contributed by atoms with Gasteiger partial charge >= 0.3 is 0 Å². The Balaban J connectivity index is 1.36. The molecule has 1 saturated heterocycles. The molecule has 1 N–H and O–H groups in total. The van der Waals surface area contributed by atoms with Gasteiger partial charge in [-0.3, -0.25) is 14.0 Å². The van der Waals surface area contributed by atoms with E-state index in [4.69, 9.17) is 0 Å². The van der Waals surface area contributed by atoms with Crippen LogP contribution in [0.2, 0.25) is 0 Å². The molecule has 2 aromatic carbocycles. The van der Waals surface area contributed by atoms with E-state index in [1.165, 1.54) is 5.56 Å². The number of carbonyl (C=O) groups is 2. The van der Waals surface area contributed by atoms with Gasteiger partial charge in [-0.2, -0.15) is 0 Å². The van der Waals surface area contributed by atoms with Crippen LogP contribution >= 0.6 is 11.3 Å². The van der Waals surface area contributed by atoms with E-state index in [1.54, 1.807) is 16.2 Å². The summed E-state index contributed by atoms with van der Waals surface area (Å²) in [6.45, 7) is 4.46. The van der Waals surface area contributed by atoms with Crippen LogP contribution < -0.4 is 10.2 Å². The lowest BCUT2D eigenvalue weighted by Crippen LogP contribution is -2.28. The number of amides is 2. The molecule has 3 heterocycles. The van der Waals surface area contributed by atoms with Crippen molar-refractivity contribution in [3.8, 4) is 11.3 Å². The van der Waals surface area contributed by atoms with Gasteiger partial charge < -0.3 is 10.2 Å². The minimum atomic E-state index is -0.396. The van der Waals surface area contributed by atoms with Gasteiger partial charge in [-0.25, -0.2) is 4.98 Å². The summed E-state index contributed by atoms with van der Waals surface area (Å²) in [7, 11) is 0. The second kappa shape index (κ2) is 7.67. The first-order valence-corrected chi connectivity index (χ1v) is 11.1. The Hall–Kier alpha value is -3.45. The molecule has 1 fully saturated rings. The van der Waals surface area contributed by atoms with Gasteiger partial charge in [0.05, 0.1) is 17.3 Å². The van der Waals surface area contributed by atoms with Gasteiger partial charge in [0.1, 0.15) is 0 Å². The molecule has 1 aliphatic rings. The Kier molecular flexibility index (Phi) is 4.82. The average molecular weight is 431 g/mol. The highest BCUT2D eigenvalue weighted by atomic mass is 32.1. The number of nitrogens with zero attached hydrogens (tertiary/aromatic N) is 3. The van der Waals surface area contributed by atoms with Crippen molar-refractivity contribution in [2.45, 2.75) is 20.3 Å². The number of nitrogens with one attached hydrogen (secondary N) is 1. The van der Waals surface area contributed by atoms with Gasteiger partial charge in [0.2, 0.25) is 11.8 Å². The van der Waals surface area contributed by atoms with E-state index in [2.05, 4.69) is 10.3 Å². The molecule has 1 aliphatic heterocycles. The molecule has 2 amide bonds. The summed E-state index contributed by atoms with van der Waals surface area (Å²) in [4.78, 5) is 33.0. The van der Waals surface area contributed by atoms with Crippen LogP contribution in [0.15, 0.2) is 60.2 Å². The van der Waals surface area contributed by atoms with Gasteiger partial charge in [-0.15, -0.1) is 11.3 Å². The Morgan fingerprint density at radius 3 is 2.81 bits per heavy atom. The number of aromatic nitrogens is 2. The number of fused-ring (bicyclic) bond motifs is 1. The first-order valence-electron chi connectivity index (χ1n) is 10.2. The van der Waals surface area contributed by atoms with Crippen molar-refractivity contribution in [3.05, 3.63) is 71.4 Å². The lowest BCUT2D eigenvalue weighted by Gasteiger charge is -2.18. The zero-order valence-corrected chi connectivity index (χ0v) is 18.1. The standard InChI is InChI=1S/C24H22N4O2S/c1-15-7-8-18(11-16(15)2)28-13-17(12-22(28)29)23(30)25-20-6-4-3-5-19(20)21-14-27-9-10-31-24(27)26-21/h3-11,14,17H,12-13H2,1-2H3,(H,25,30). The SMILES string of the molecule is Cc1ccc(N2CC(C(=O)Nc3ccccc3-c3cn4ccsc4n3)CC2=O)cc1C. The van der Waals surface area contributed by atoms with E-state index in [0.29, 0.717) is 12.2 Å². The second-order valence-corrected chi connectivity index (χ2v) is 8.80. The van der Waals surface area contributed by atoms with Crippen molar-refractivity contribution < 1.29 is 9.59 Å². The fraction of sp³-hybridized carbons (Fsp3) is 0.208. The number of aryl methyl sites for hydroxylation is 2. The first-order chi connectivity index (χ1) is 15.0. The predicted octanol–water partition coefficient (Wildman–Crippen LogP) is 4.67. The van der Waals surface area contributed by atoms with Crippen molar-refractivity contribution in [3.63, 3.8) is 0 Å². The Labute approximate surface area is 184 Å². The van der Waals surface area contributed by atoms with Crippen molar-refractivity contribution in [2.75, 3.05) is 16.8 Å². The third-order valence-corrected chi connectivity index (χ3v) is 6.62. The second-order valence-electron chi connectivity index (χ2n) is 7.93. The number of benzene rings is 2. The van der Waals surface area contributed by atoms with Crippen molar-refractivity contribution in [2.24, 2.45) is 5.92 Å². The topological polar surface area (TPSA) is 66.7 Å². The van der Waals surface area contributed by atoms with Crippen LogP contribution in [0.4, 0.5) is 11.4 Å². The number of imidazole rings is 1. The molecule has 0 bridgehead atoms. The van der Waals surface area contributed by atoms with E-state index in [0.717, 1.165) is 27.5 Å². The van der Waals surface area contributed by atoms with Crippen LogP contribution in [0.3, 0.4) is 0 Å². The van der Waals surface area contributed by atoms with Gasteiger partial charge in [0, 0.05) is 42.0 Å². The molecule has 1 unspecified atom stereocenters. The molecule has 0 radical (unpaired) electrons. The maximum atomic E-state index is 13.1. The minimum absolute atomic E-state index is 0.0222. The summed E-state index contributed by atoms with van der Waals surface area (Å²) >= 11 is 1.56. The van der Waals surface area contributed by atoms with Gasteiger partial charge in [-0.1, -0.05) is 24.3 Å². The van der Waals surface area contributed by atoms with Gasteiger partial charge in [0.25, 0.3) is 0 Å². The number of para-hydroxylation sites is 1. The zero-order chi connectivity index (χ0) is 21.5. The van der Waals surface area contributed by atoms with E-state index < -0.39 is 5.92 Å². The van der Waals surface area contributed by atoms with Crippen molar-refractivity contribution >= 4 is 39.5 Å². The number of hydrogen-bond donors (Lipinski definition) is 1. The van der Waals surface area contributed by atoms with Crippen LogP contribution in [0, 0.1) is 19.8 Å².